The average molecular weight is 169 g/mol. The highest BCUT2D eigenvalue weighted by atomic mass is 14.9. The SMILES string of the molecule is CC(C)(C)CC[C@@H]1CCCCN1. The van der Waals surface area contributed by atoms with Gasteiger partial charge in [0.05, 0.1) is 0 Å². The van der Waals surface area contributed by atoms with Crippen molar-refractivity contribution in [3.63, 3.8) is 0 Å². The summed E-state index contributed by atoms with van der Waals surface area (Å²) < 4.78 is 0. The monoisotopic (exact) mass is 169 g/mol. The first-order valence-corrected chi connectivity index (χ1v) is 5.31. The predicted molar refractivity (Wildman–Crippen MR) is 54.3 cm³/mol. The molecule has 1 nitrogen and oxygen atoms in total. The van der Waals surface area contributed by atoms with Crippen LogP contribution in [0.2, 0.25) is 0 Å². The van der Waals surface area contributed by atoms with Gasteiger partial charge in [0.25, 0.3) is 0 Å². The van der Waals surface area contributed by atoms with Gasteiger partial charge < -0.3 is 5.32 Å². The zero-order valence-electron chi connectivity index (χ0n) is 8.82. The maximum absolute atomic E-state index is 3.59. The third-order valence-electron chi connectivity index (χ3n) is 2.66. The van der Waals surface area contributed by atoms with Crippen molar-refractivity contribution in [2.75, 3.05) is 6.54 Å². The van der Waals surface area contributed by atoms with E-state index >= 15 is 0 Å². The number of hydrogen-bond donors (Lipinski definition) is 1. The zero-order valence-corrected chi connectivity index (χ0v) is 8.82. The molecular formula is C11H23N. The van der Waals surface area contributed by atoms with Gasteiger partial charge in [-0.3, -0.25) is 0 Å². The second kappa shape index (κ2) is 4.27. The molecule has 0 aromatic carbocycles. The molecule has 1 fully saturated rings. The lowest BCUT2D eigenvalue weighted by atomic mass is 9.87. The second-order valence-corrected chi connectivity index (χ2v) is 5.25. The van der Waals surface area contributed by atoms with Crippen LogP contribution in [0.4, 0.5) is 0 Å². The molecule has 1 aliphatic rings. The van der Waals surface area contributed by atoms with Gasteiger partial charge in [0.1, 0.15) is 0 Å². The Morgan fingerprint density at radius 3 is 2.50 bits per heavy atom. The quantitative estimate of drug-likeness (QED) is 0.670. The number of nitrogens with one attached hydrogen (secondary N) is 1. The number of rotatable bonds is 2. The van der Waals surface area contributed by atoms with Crippen LogP contribution in [0.5, 0.6) is 0 Å². The molecule has 0 saturated carbocycles. The first kappa shape index (κ1) is 10.0. The molecule has 1 heterocycles. The van der Waals surface area contributed by atoms with Gasteiger partial charge >= 0.3 is 0 Å². The Labute approximate surface area is 76.9 Å². The Kier molecular flexibility index (Phi) is 3.57. The van der Waals surface area contributed by atoms with Crippen molar-refractivity contribution < 1.29 is 0 Å². The second-order valence-electron chi connectivity index (χ2n) is 5.25. The summed E-state index contributed by atoms with van der Waals surface area (Å²) in [6.07, 6.45) is 6.93. The van der Waals surface area contributed by atoms with Crippen molar-refractivity contribution in [2.24, 2.45) is 5.41 Å². The van der Waals surface area contributed by atoms with Gasteiger partial charge in [-0.1, -0.05) is 27.2 Å². The van der Waals surface area contributed by atoms with Crippen LogP contribution in [0.25, 0.3) is 0 Å². The first-order chi connectivity index (χ1) is 5.58. The molecule has 72 valence electrons. The fourth-order valence-corrected chi connectivity index (χ4v) is 1.78. The highest BCUT2D eigenvalue weighted by molar-refractivity contribution is 4.74. The minimum Gasteiger partial charge on any atom is -0.314 e. The van der Waals surface area contributed by atoms with Crippen LogP contribution in [0, 0.1) is 5.41 Å². The molecule has 0 spiro atoms. The number of piperidine rings is 1. The lowest BCUT2D eigenvalue weighted by molar-refractivity contribution is 0.302. The van der Waals surface area contributed by atoms with E-state index in [4.69, 9.17) is 0 Å². The van der Waals surface area contributed by atoms with E-state index in [0.29, 0.717) is 5.41 Å². The summed E-state index contributed by atoms with van der Waals surface area (Å²) in [5.41, 5.74) is 0.513. The topological polar surface area (TPSA) is 12.0 Å². The van der Waals surface area contributed by atoms with Gasteiger partial charge in [-0.2, -0.15) is 0 Å². The van der Waals surface area contributed by atoms with Crippen LogP contribution >= 0.6 is 0 Å². The lowest BCUT2D eigenvalue weighted by Gasteiger charge is -2.27. The predicted octanol–water partition coefficient (Wildman–Crippen LogP) is 2.95. The average Bonchev–Trinajstić information content (AvgIpc) is 2.02. The molecule has 0 radical (unpaired) electrons. The van der Waals surface area contributed by atoms with E-state index in [1.807, 2.05) is 0 Å². The minimum absolute atomic E-state index is 0.513. The summed E-state index contributed by atoms with van der Waals surface area (Å²) in [5.74, 6) is 0. The highest BCUT2D eigenvalue weighted by Gasteiger charge is 2.16. The molecule has 1 N–H and O–H groups in total. The molecule has 0 bridgehead atoms. The summed E-state index contributed by atoms with van der Waals surface area (Å²) in [6, 6.07) is 0.818. The maximum atomic E-state index is 3.59. The van der Waals surface area contributed by atoms with Crippen LogP contribution < -0.4 is 5.32 Å². The molecule has 1 aliphatic heterocycles. The zero-order chi connectivity index (χ0) is 9.03. The summed E-state index contributed by atoms with van der Waals surface area (Å²) in [7, 11) is 0. The van der Waals surface area contributed by atoms with E-state index in [-0.39, 0.29) is 0 Å². The summed E-state index contributed by atoms with van der Waals surface area (Å²) in [4.78, 5) is 0. The van der Waals surface area contributed by atoms with E-state index in [2.05, 4.69) is 26.1 Å². The van der Waals surface area contributed by atoms with E-state index in [1.54, 1.807) is 0 Å². The molecule has 1 heteroatoms. The number of hydrogen-bond acceptors (Lipinski definition) is 1. The lowest BCUT2D eigenvalue weighted by Crippen LogP contribution is -2.34. The van der Waals surface area contributed by atoms with Gasteiger partial charge in [0.15, 0.2) is 0 Å². The van der Waals surface area contributed by atoms with Crippen LogP contribution in [0.1, 0.15) is 52.9 Å². The fraction of sp³-hybridized carbons (Fsp3) is 1.00. The van der Waals surface area contributed by atoms with Crippen LogP contribution in [0.3, 0.4) is 0 Å². The van der Waals surface area contributed by atoms with E-state index in [1.165, 1.54) is 38.6 Å². The van der Waals surface area contributed by atoms with Crippen LogP contribution in [-0.2, 0) is 0 Å². The third-order valence-corrected chi connectivity index (χ3v) is 2.66. The van der Waals surface area contributed by atoms with Crippen LogP contribution in [0.15, 0.2) is 0 Å². The Morgan fingerprint density at radius 1 is 1.25 bits per heavy atom. The Balaban J connectivity index is 2.13. The largest absolute Gasteiger partial charge is 0.314 e. The Hall–Kier alpha value is -0.0400. The molecule has 0 unspecified atom stereocenters. The molecule has 0 aromatic rings. The molecule has 1 atom stereocenters. The molecule has 0 amide bonds. The van der Waals surface area contributed by atoms with Crippen molar-refractivity contribution in [1.29, 1.82) is 0 Å². The van der Waals surface area contributed by atoms with Gasteiger partial charge in [-0.25, -0.2) is 0 Å². The van der Waals surface area contributed by atoms with Crippen molar-refractivity contribution in [3.05, 3.63) is 0 Å². The van der Waals surface area contributed by atoms with Gasteiger partial charge in [-0.15, -0.1) is 0 Å². The highest BCUT2D eigenvalue weighted by Crippen LogP contribution is 2.23. The van der Waals surface area contributed by atoms with Gasteiger partial charge in [0.2, 0.25) is 0 Å². The molecule has 1 saturated heterocycles. The van der Waals surface area contributed by atoms with E-state index < -0.39 is 0 Å². The Bertz CT molecular complexity index is 117. The van der Waals surface area contributed by atoms with Gasteiger partial charge in [-0.05, 0) is 37.6 Å². The van der Waals surface area contributed by atoms with Crippen molar-refractivity contribution in [1.82, 2.24) is 5.32 Å². The van der Waals surface area contributed by atoms with Crippen molar-refractivity contribution in [2.45, 2.75) is 58.9 Å². The maximum Gasteiger partial charge on any atom is 0.00672 e. The molecular weight excluding hydrogens is 146 g/mol. The van der Waals surface area contributed by atoms with Crippen LogP contribution in [-0.4, -0.2) is 12.6 Å². The molecule has 0 aliphatic carbocycles. The molecule has 0 aromatic heterocycles. The summed E-state index contributed by atoms with van der Waals surface area (Å²) in [6.45, 7) is 8.23. The smallest absolute Gasteiger partial charge is 0.00672 e. The summed E-state index contributed by atoms with van der Waals surface area (Å²) in [5, 5.41) is 3.59. The van der Waals surface area contributed by atoms with Gasteiger partial charge in [0, 0.05) is 6.04 Å². The van der Waals surface area contributed by atoms with E-state index in [9.17, 15) is 0 Å². The molecule has 1 rings (SSSR count). The standard InChI is InChI=1S/C11H23N/c1-11(2,3)8-7-10-6-4-5-9-12-10/h10,12H,4-9H2,1-3H3/t10-/m0/s1. The van der Waals surface area contributed by atoms with Crippen molar-refractivity contribution in [3.8, 4) is 0 Å². The third kappa shape index (κ3) is 4.10. The first-order valence-electron chi connectivity index (χ1n) is 5.31. The normalized spacial score (nSPS) is 25.8. The molecule has 12 heavy (non-hydrogen) atoms. The van der Waals surface area contributed by atoms with E-state index in [0.717, 1.165) is 6.04 Å². The summed E-state index contributed by atoms with van der Waals surface area (Å²) >= 11 is 0. The van der Waals surface area contributed by atoms with Crippen molar-refractivity contribution >= 4 is 0 Å². The fourth-order valence-electron chi connectivity index (χ4n) is 1.78. The Morgan fingerprint density at radius 2 is 2.00 bits per heavy atom. The minimum atomic E-state index is 0.513.